The van der Waals surface area contributed by atoms with E-state index in [0.717, 1.165) is 0 Å². The van der Waals surface area contributed by atoms with Crippen LogP contribution in [0.3, 0.4) is 0 Å². The summed E-state index contributed by atoms with van der Waals surface area (Å²) in [7, 11) is 1.21. The molecular weight excluding hydrogens is 491 g/mol. The number of carbonyl (C=O) groups is 2. The van der Waals surface area contributed by atoms with Crippen molar-refractivity contribution < 1.29 is 32.2 Å². The predicted molar refractivity (Wildman–Crippen MR) is 128 cm³/mol. The van der Waals surface area contributed by atoms with Gasteiger partial charge in [-0.1, -0.05) is 12.2 Å². The Bertz CT molecular complexity index is 1320. The van der Waals surface area contributed by atoms with Gasteiger partial charge >= 0.3 is 0 Å². The molecule has 1 unspecified atom stereocenters. The van der Waals surface area contributed by atoms with Crippen LogP contribution in [0.2, 0.25) is 0 Å². The molecule has 0 saturated carbocycles. The molecule has 2 aliphatic rings. The number of ether oxygens (including phenoxy) is 2. The van der Waals surface area contributed by atoms with Gasteiger partial charge in [0.05, 0.1) is 25.3 Å². The molecule has 37 heavy (non-hydrogen) atoms. The fourth-order valence-electron chi connectivity index (χ4n) is 5.16. The van der Waals surface area contributed by atoms with Crippen molar-refractivity contribution >= 4 is 11.8 Å². The highest BCUT2D eigenvalue weighted by molar-refractivity contribution is 6.00. The average Bonchev–Trinajstić information content (AvgIpc) is 2.85. The molecule has 1 fully saturated rings. The molecule has 1 aromatic carbocycles. The van der Waals surface area contributed by atoms with E-state index in [4.69, 9.17) is 9.47 Å². The molecule has 1 N–H and O–H groups in total. The third-order valence-electron chi connectivity index (χ3n) is 6.81. The first-order valence-corrected chi connectivity index (χ1v) is 11.6. The topological polar surface area (TPSA) is 89.9 Å². The highest BCUT2D eigenvalue weighted by Gasteiger charge is 2.53. The van der Waals surface area contributed by atoms with Crippen molar-refractivity contribution in [2.24, 2.45) is 0 Å². The van der Waals surface area contributed by atoms with Gasteiger partial charge in [-0.2, -0.15) is 0 Å². The van der Waals surface area contributed by atoms with Crippen molar-refractivity contribution in [3.63, 3.8) is 0 Å². The molecule has 8 nitrogen and oxygen atoms in total. The fourth-order valence-corrected chi connectivity index (χ4v) is 5.16. The number of nitrogens with one attached hydrogen (secondary N) is 1. The van der Waals surface area contributed by atoms with E-state index in [0.29, 0.717) is 31.6 Å². The number of halogens is 3. The van der Waals surface area contributed by atoms with Crippen LogP contribution in [0.25, 0.3) is 0 Å². The molecule has 1 saturated heterocycles. The Hall–Kier alpha value is -3.86. The molecule has 0 spiro atoms. The van der Waals surface area contributed by atoms with Crippen molar-refractivity contribution in [3.8, 4) is 5.75 Å². The molecule has 0 aliphatic carbocycles. The van der Waals surface area contributed by atoms with Gasteiger partial charge in [0.25, 0.3) is 11.8 Å². The Morgan fingerprint density at radius 1 is 1.24 bits per heavy atom. The van der Waals surface area contributed by atoms with Gasteiger partial charge in [0, 0.05) is 43.6 Å². The number of pyridine rings is 1. The number of methoxy groups -OCH3 is 1. The van der Waals surface area contributed by atoms with E-state index in [1.807, 2.05) is 0 Å². The largest absolute Gasteiger partial charge is 0.491 e. The lowest BCUT2D eigenvalue weighted by Crippen LogP contribution is -2.65. The molecule has 2 atom stereocenters. The van der Waals surface area contributed by atoms with Gasteiger partial charge in [-0.15, -0.1) is 13.2 Å². The van der Waals surface area contributed by atoms with E-state index in [1.165, 1.54) is 13.3 Å². The molecule has 0 bridgehead atoms. The Morgan fingerprint density at radius 3 is 2.57 bits per heavy atom. The number of aromatic nitrogens is 1. The second kappa shape index (κ2) is 10.3. The van der Waals surface area contributed by atoms with E-state index < -0.39 is 58.4 Å². The van der Waals surface area contributed by atoms with Crippen molar-refractivity contribution in [1.82, 2.24) is 14.8 Å². The van der Waals surface area contributed by atoms with Crippen molar-refractivity contribution in [2.45, 2.75) is 31.0 Å². The van der Waals surface area contributed by atoms with Crippen LogP contribution in [0, 0.1) is 17.5 Å². The smallest absolute Gasteiger partial charge is 0.275 e. The Balaban J connectivity index is 1.81. The number of rotatable bonds is 8. The summed E-state index contributed by atoms with van der Waals surface area (Å²) in [5.41, 5.74) is -2.68. The third kappa shape index (κ3) is 4.33. The SMILES string of the molecule is C=CCN1C(=O)c2c(OC)c(=O)c(C(=O)NCc3c(F)cc(F)cc3F)cn2C2CCOC[C@]21CC=C. The van der Waals surface area contributed by atoms with Crippen LogP contribution in [0.4, 0.5) is 13.2 Å². The van der Waals surface area contributed by atoms with Crippen LogP contribution in [-0.2, 0) is 11.3 Å². The maximum Gasteiger partial charge on any atom is 0.275 e. The van der Waals surface area contributed by atoms with Crippen LogP contribution in [0.15, 0.2) is 48.4 Å². The number of fused-ring (bicyclic) bond motifs is 3. The average molecular weight is 518 g/mol. The quantitative estimate of drug-likeness (QED) is 0.544. The first-order chi connectivity index (χ1) is 17.7. The van der Waals surface area contributed by atoms with Crippen LogP contribution < -0.4 is 15.5 Å². The number of hydrogen-bond donors (Lipinski definition) is 1. The lowest BCUT2D eigenvalue weighted by molar-refractivity contribution is -0.0746. The zero-order valence-corrected chi connectivity index (χ0v) is 20.2. The predicted octanol–water partition coefficient (Wildman–Crippen LogP) is 3.12. The summed E-state index contributed by atoms with van der Waals surface area (Å²) in [4.78, 5) is 41.6. The molecule has 196 valence electrons. The van der Waals surface area contributed by atoms with Crippen molar-refractivity contribution in [3.05, 3.63) is 88.1 Å². The zero-order chi connectivity index (χ0) is 26.9. The lowest BCUT2D eigenvalue weighted by atomic mass is 9.79. The summed E-state index contributed by atoms with van der Waals surface area (Å²) >= 11 is 0. The summed E-state index contributed by atoms with van der Waals surface area (Å²) in [6, 6.07) is 0.582. The molecule has 11 heteroatoms. The van der Waals surface area contributed by atoms with Crippen molar-refractivity contribution in [2.75, 3.05) is 26.9 Å². The molecule has 1 aromatic heterocycles. The summed E-state index contributed by atoms with van der Waals surface area (Å²) in [5.74, 6) is -5.23. The molecule has 3 heterocycles. The number of nitrogens with zero attached hydrogens (tertiary/aromatic N) is 2. The Labute approximate surface area is 211 Å². The first kappa shape index (κ1) is 26.2. The molecule has 2 aliphatic heterocycles. The normalized spacial score (nSPS) is 20.6. The second-order valence-corrected chi connectivity index (χ2v) is 8.85. The van der Waals surface area contributed by atoms with E-state index in [1.54, 1.807) is 21.6 Å². The molecule has 2 amide bonds. The highest BCUT2D eigenvalue weighted by atomic mass is 19.1. The first-order valence-electron chi connectivity index (χ1n) is 11.6. The lowest BCUT2D eigenvalue weighted by Gasteiger charge is -2.54. The van der Waals surface area contributed by atoms with Crippen LogP contribution >= 0.6 is 0 Å². The minimum absolute atomic E-state index is 0.0203. The van der Waals surface area contributed by atoms with E-state index in [-0.39, 0.29) is 30.2 Å². The molecule has 2 aromatic rings. The number of hydrogen-bond acceptors (Lipinski definition) is 5. The van der Waals surface area contributed by atoms with Gasteiger partial charge in [-0.25, -0.2) is 13.2 Å². The number of benzene rings is 1. The van der Waals surface area contributed by atoms with Crippen LogP contribution in [-0.4, -0.2) is 53.7 Å². The minimum Gasteiger partial charge on any atom is -0.491 e. The molecular formula is C26H26F3N3O5. The summed E-state index contributed by atoms with van der Waals surface area (Å²) in [5, 5.41) is 2.30. The summed E-state index contributed by atoms with van der Waals surface area (Å²) in [6.45, 7) is 7.69. The molecule has 0 radical (unpaired) electrons. The van der Waals surface area contributed by atoms with E-state index in [2.05, 4.69) is 18.5 Å². The summed E-state index contributed by atoms with van der Waals surface area (Å²) in [6.07, 6.45) is 5.35. The van der Waals surface area contributed by atoms with Gasteiger partial charge in [0.2, 0.25) is 5.43 Å². The highest BCUT2D eigenvalue weighted by Crippen LogP contribution is 2.45. The third-order valence-corrected chi connectivity index (χ3v) is 6.81. The minimum atomic E-state index is -1.18. The van der Waals surface area contributed by atoms with E-state index in [9.17, 15) is 27.6 Å². The maximum absolute atomic E-state index is 14.0. The zero-order valence-electron chi connectivity index (χ0n) is 20.2. The maximum atomic E-state index is 14.0. The Morgan fingerprint density at radius 2 is 1.95 bits per heavy atom. The number of amides is 2. The van der Waals surface area contributed by atoms with Gasteiger partial charge in [-0.3, -0.25) is 14.4 Å². The van der Waals surface area contributed by atoms with Gasteiger partial charge in [0.1, 0.15) is 23.0 Å². The molecule has 4 rings (SSSR count). The van der Waals surface area contributed by atoms with Gasteiger partial charge in [-0.05, 0) is 12.8 Å². The second-order valence-electron chi connectivity index (χ2n) is 8.85. The van der Waals surface area contributed by atoms with E-state index >= 15 is 0 Å². The van der Waals surface area contributed by atoms with Gasteiger partial charge < -0.3 is 24.3 Å². The summed E-state index contributed by atoms with van der Waals surface area (Å²) < 4.78 is 53.9. The fraction of sp³-hybridized carbons (Fsp3) is 0.346. The number of carbonyl (C=O) groups excluding carboxylic acids is 2. The monoisotopic (exact) mass is 517 g/mol. The Kier molecular flexibility index (Phi) is 7.26. The van der Waals surface area contributed by atoms with Crippen molar-refractivity contribution in [1.29, 1.82) is 0 Å². The van der Waals surface area contributed by atoms with Gasteiger partial charge in [0.15, 0.2) is 11.4 Å². The van der Waals surface area contributed by atoms with Crippen LogP contribution in [0.5, 0.6) is 5.75 Å². The van der Waals surface area contributed by atoms with Crippen LogP contribution in [0.1, 0.15) is 45.3 Å². The standard InChI is InChI=1S/C26H26F3N3O5/c1-4-7-26-14-37-9-6-20(26)31-13-17(22(33)23(36-3)21(31)25(35)32(26)8-5-2)24(34)30-12-16-18(28)10-15(27)11-19(16)29/h4-5,10-11,13,20H,1-2,6-9,12,14H2,3H3,(H,30,34)/t20?,26-/m1/s1.